The maximum absolute atomic E-state index is 12.3. The highest BCUT2D eigenvalue weighted by molar-refractivity contribution is 5.85. The van der Waals surface area contributed by atoms with Crippen molar-refractivity contribution >= 4 is 18.3 Å². The van der Waals surface area contributed by atoms with Crippen molar-refractivity contribution < 1.29 is 9.53 Å². The summed E-state index contributed by atoms with van der Waals surface area (Å²) in [4.78, 5) is 12.3. The number of rotatable bonds is 4. The summed E-state index contributed by atoms with van der Waals surface area (Å²) in [5.74, 6) is 0.00395. The van der Waals surface area contributed by atoms with Crippen LogP contribution in [0.2, 0.25) is 0 Å². The van der Waals surface area contributed by atoms with Gasteiger partial charge in [-0.05, 0) is 31.4 Å². The molecule has 2 rings (SSSR count). The van der Waals surface area contributed by atoms with E-state index in [0.717, 1.165) is 18.5 Å². The molecule has 4 nitrogen and oxygen atoms in total. The van der Waals surface area contributed by atoms with E-state index in [0.29, 0.717) is 6.61 Å². The van der Waals surface area contributed by atoms with Gasteiger partial charge in [-0.15, -0.1) is 12.4 Å². The average Bonchev–Trinajstić information content (AvgIpc) is 2.47. The van der Waals surface area contributed by atoms with Crippen molar-refractivity contribution in [3.63, 3.8) is 0 Å². The Bertz CT molecular complexity index is 450. The number of morpholine rings is 1. The predicted octanol–water partition coefficient (Wildman–Crippen LogP) is 2.22. The number of hydrogen-bond donors (Lipinski definition) is 2. The Morgan fingerprint density at radius 3 is 2.67 bits per heavy atom. The first-order valence-corrected chi connectivity index (χ1v) is 7.36. The number of carbonyl (C=O) groups excluding carboxylic acids is 1. The summed E-state index contributed by atoms with van der Waals surface area (Å²) in [6, 6.07) is 8.13. The maximum Gasteiger partial charge on any atom is 0.240 e. The third-order valence-corrected chi connectivity index (χ3v) is 3.85. The van der Waals surface area contributed by atoms with E-state index >= 15 is 0 Å². The van der Waals surface area contributed by atoms with Crippen LogP contribution in [-0.4, -0.2) is 31.2 Å². The molecule has 5 heteroatoms. The number of ether oxygens (including phenoxy) is 1. The third-order valence-electron chi connectivity index (χ3n) is 3.85. The number of halogens is 1. The van der Waals surface area contributed by atoms with Gasteiger partial charge in [0.1, 0.15) is 6.04 Å². The van der Waals surface area contributed by atoms with Crippen LogP contribution < -0.4 is 10.6 Å². The highest BCUT2D eigenvalue weighted by Gasteiger charge is 2.29. The minimum Gasteiger partial charge on any atom is -0.375 e. The molecule has 1 aliphatic heterocycles. The van der Waals surface area contributed by atoms with Gasteiger partial charge in [-0.3, -0.25) is 4.79 Å². The quantitative estimate of drug-likeness (QED) is 0.896. The third kappa shape index (κ3) is 4.70. The van der Waals surface area contributed by atoms with Crippen molar-refractivity contribution in [1.29, 1.82) is 0 Å². The molecule has 1 fully saturated rings. The number of amides is 1. The molecule has 0 aromatic heterocycles. The van der Waals surface area contributed by atoms with Gasteiger partial charge in [-0.25, -0.2) is 0 Å². The number of nitrogens with one attached hydrogen (secondary N) is 2. The molecule has 1 saturated heterocycles. The molecular formula is C16H25ClN2O2. The van der Waals surface area contributed by atoms with Crippen molar-refractivity contribution in [2.75, 3.05) is 13.2 Å². The highest BCUT2D eigenvalue weighted by atomic mass is 35.5. The molecule has 0 aliphatic carbocycles. The first kappa shape index (κ1) is 18.0. The van der Waals surface area contributed by atoms with E-state index in [4.69, 9.17) is 4.74 Å². The van der Waals surface area contributed by atoms with Crippen LogP contribution in [0.4, 0.5) is 0 Å². The standard InChI is InChI=1S/C16H24N2O2.ClH/c1-4-13-5-7-14(8-6-13)11(2)18-16(19)15-12(3)20-10-9-17-15;/h5-8,11-12,15,17H,4,9-10H2,1-3H3,(H,18,19);1H/t11?,12-,15+;/m1./s1. The summed E-state index contributed by atoms with van der Waals surface area (Å²) in [6.07, 6.45) is 0.945. The van der Waals surface area contributed by atoms with Crippen molar-refractivity contribution in [3.05, 3.63) is 35.4 Å². The Morgan fingerprint density at radius 1 is 1.43 bits per heavy atom. The highest BCUT2D eigenvalue weighted by Crippen LogP contribution is 2.15. The second-order valence-electron chi connectivity index (χ2n) is 5.33. The Balaban J connectivity index is 0.00000220. The van der Waals surface area contributed by atoms with E-state index < -0.39 is 0 Å². The van der Waals surface area contributed by atoms with Gasteiger partial charge in [0.2, 0.25) is 5.91 Å². The first-order chi connectivity index (χ1) is 9.61. The zero-order valence-electron chi connectivity index (χ0n) is 12.9. The van der Waals surface area contributed by atoms with Crippen molar-refractivity contribution in [2.45, 2.75) is 45.4 Å². The van der Waals surface area contributed by atoms with Crippen LogP contribution >= 0.6 is 12.4 Å². The Kier molecular flexibility index (Phi) is 7.15. The molecule has 21 heavy (non-hydrogen) atoms. The van der Waals surface area contributed by atoms with Gasteiger partial charge < -0.3 is 15.4 Å². The van der Waals surface area contributed by atoms with E-state index in [1.165, 1.54) is 5.56 Å². The van der Waals surface area contributed by atoms with Crippen LogP contribution in [0.3, 0.4) is 0 Å². The van der Waals surface area contributed by atoms with Gasteiger partial charge in [-0.1, -0.05) is 31.2 Å². The number of hydrogen-bond acceptors (Lipinski definition) is 3. The van der Waals surface area contributed by atoms with Gasteiger partial charge in [-0.2, -0.15) is 0 Å². The smallest absolute Gasteiger partial charge is 0.240 e. The van der Waals surface area contributed by atoms with Crippen LogP contribution in [0.1, 0.15) is 37.9 Å². The Hall–Kier alpha value is -1.10. The molecule has 118 valence electrons. The maximum atomic E-state index is 12.3. The largest absolute Gasteiger partial charge is 0.375 e. The molecule has 1 unspecified atom stereocenters. The fraction of sp³-hybridized carbons (Fsp3) is 0.562. The summed E-state index contributed by atoms with van der Waals surface area (Å²) in [6.45, 7) is 7.46. The van der Waals surface area contributed by atoms with Crippen LogP contribution in [0.25, 0.3) is 0 Å². The van der Waals surface area contributed by atoms with Crippen LogP contribution in [-0.2, 0) is 16.0 Å². The summed E-state index contributed by atoms with van der Waals surface area (Å²) in [5, 5.41) is 6.26. The predicted molar refractivity (Wildman–Crippen MR) is 86.8 cm³/mol. The average molecular weight is 313 g/mol. The van der Waals surface area contributed by atoms with E-state index in [9.17, 15) is 4.79 Å². The minimum atomic E-state index is -0.263. The fourth-order valence-electron chi connectivity index (χ4n) is 2.46. The molecular weight excluding hydrogens is 288 g/mol. The second kappa shape index (κ2) is 8.37. The Morgan fingerprint density at radius 2 is 2.10 bits per heavy atom. The lowest BCUT2D eigenvalue weighted by Gasteiger charge is -2.30. The first-order valence-electron chi connectivity index (χ1n) is 7.36. The van der Waals surface area contributed by atoms with E-state index in [2.05, 4.69) is 41.8 Å². The van der Waals surface area contributed by atoms with Gasteiger partial charge in [0.05, 0.1) is 18.8 Å². The number of benzene rings is 1. The fourth-order valence-corrected chi connectivity index (χ4v) is 2.46. The van der Waals surface area contributed by atoms with E-state index in [-0.39, 0.29) is 36.5 Å². The van der Waals surface area contributed by atoms with Crippen LogP contribution in [0.15, 0.2) is 24.3 Å². The lowest BCUT2D eigenvalue weighted by Crippen LogP contribution is -2.55. The topological polar surface area (TPSA) is 50.4 Å². The van der Waals surface area contributed by atoms with Crippen molar-refractivity contribution in [2.24, 2.45) is 0 Å². The number of carbonyl (C=O) groups is 1. The molecule has 1 aromatic rings. The zero-order chi connectivity index (χ0) is 14.5. The monoisotopic (exact) mass is 312 g/mol. The number of aryl methyl sites for hydroxylation is 1. The molecule has 0 bridgehead atoms. The van der Waals surface area contributed by atoms with E-state index in [1.54, 1.807) is 0 Å². The van der Waals surface area contributed by atoms with Crippen LogP contribution in [0, 0.1) is 0 Å². The molecule has 1 amide bonds. The molecule has 3 atom stereocenters. The van der Waals surface area contributed by atoms with Crippen LogP contribution in [0.5, 0.6) is 0 Å². The molecule has 2 N–H and O–H groups in total. The van der Waals surface area contributed by atoms with Gasteiger partial charge in [0.25, 0.3) is 0 Å². The second-order valence-corrected chi connectivity index (χ2v) is 5.33. The summed E-state index contributed by atoms with van der Waals surface area (Å²) in [5.41, 5.74) is 2.43. The van der Waals surface area contributed by atoms with Gasteiger partial charge in [0, 0.05) is 6.54 Å². The summed E-state index contributed by atoms with van der Waals surface area (Å²) < 4.78 is 5.51. The molecule has 1 aromatic carbocycles. The summed E-state index contributed by atoms with van der Waals surface area (Å²) in [7, 11) is 0. The molecule has 1 heterocycles. The molecule has 0 saturated carbocycles. The molecule has 0 radical (unpaired) electrons. The molecule has 0 spiro atoms. The SMILES string of the molecule is CCc1ccc(C(C)NC(=O)[C@H]2NCCO[C@@H]2C)cc1.Cl. The minimum absolute atomic E-state index is 0. The Labute approximate surface area is 133 Å². The zero-order valence-corrected chi connectivity index (χ0v) is 13.7. The van der Waals surface area contributed by atoms with Gasteiger partial charge in [0.15, 0.2) is 0 Å². The lowest BCUT2D eigenvalue weighted by molar-refractivity contribution is -0.129. The van der Waals surface area contributed by atoms with Crippen molar-refractivity contribution in [3.8, 4) is 0 Å². The molecule has 1 aliphatic rings. The van der Waals surface area contributed by atoms with Crippen molar-refractivity contribution in [1.82, 2.24) is 10.6 Å². The normalized spacial score (nSPS) is 23.0. The van der Waals surface area contributed by atoms with Gasteiger partial charge >= 0.3 is 0 Å². The summed E-state index contributed by atoms with van der Waals surface area (Å²) >= 11 is 0. The van der Waals surface area contributed by atoms with E-state index in [1.807, 2.05) is 13.8 Å². The lowest BCUT2D eigenvalue weighted by atomic mass is 10.0.